The molecule has 2 aliphatic carbocycles. The second kappa shape index (κ2) is 9.12. The Morgan fingerprint density at radius 3 is 2.62 bits per heavy atom. The molecule has 9 heteroatoms. The van der Waals surface area contributed by atoms with Crippen LogP contribution < -0.4 is 10.6 Å². The van der Waals surface area contributed by atoms with E-state index in [1.807, 2.05) is 0 Å². The molecule has 200 valence electrons. The van der Waals surface area contributed by atoms with Crippen molar-refractivity contribution in [2.45, 2.75) is 101 Å². The van der Waals surface area contributed by atoms with Gasteiger partial charge in [0.1, 0.15) is 11.9 Å². The fourth-order valence-corrected chi connectivity index (χ4v) is 6.90. The van der Waals surface area contributed by atoms with Crippen LogP contribution in [0.1, 0.15) is 79.3 Å². The second-order valence-corrected chi connectivity index (χ2v) is 11.6. The predicted octanol–water partition coefficient (Wildman–Crippen LogP) is 4.22. The minimum absolute atomic E-state index is 0.0253. The van der Waals surface area contributed by atoms with Gasteiger partial charge in [-0.2, -0.15) is 0 Å². The first-order valence-electron chi connectivity index (χ1n) is 13.5. The molecule has 5 aliphatic rings. The monoisotopic (exact) mass is 517 g/mol. The highest BCUT2D eigenvalue weighted by Gasteiger charge is 2.70. The number of piperidine rings is 1. The van der Waals surface area contributed by atoms with Gasteiger partial charge in [-0.05, 0) is 63.0 Å². The van der Waals surface area contributed by atoms with Gasteiger partial charge in [0, 0.05) is 53.8 Å². The zero-order valence-electron chi connectivity index (χ0n) is 21.0. The lowest BCUT2D eigenvalue weighted by atomic mass is 9.82. The van der Waals surface area contributed by atoms with E-state index in [0.717, 1.165) is 25.7 Å². The van der Waals surface area contributed by atoms with Gasteiger partial charge in [0.05, 0.1) is 12.6 Å². The van der Waals surface area contributed by atoms with Gasteiger partial charge in [0.15, 0.2) is 0 Å². The van der Waals surface area contributed by atoms with Crippen LogP contribution >= 0.6 is 0 Å². The molecule has 1 unspecified atom stereocenters. The minimum Gasteiger partial charge on any atom is -0.376 e. The molecule has 1 aromatic rings. The van der Waals surface area contributed by atoms with Crippen LogP contribution in [-0.4, -0.2) is 53.5 Å². The molecular formula is C28H34F3N3O3. The highest BCUT2D eigenvalue weighted by atomic mass is 19.3. The van der Waals surface area contributed by atoms with E-state index in [-0.39, 0.29) is 43.0 Å². The Morgan fingerprint density at radius 2 is 1.92 bits per heavy atom. The number of ether oxygens (including phenoxy) is 1. The summed E-state index contributed by atoms with van der Waals surface area (Å²) in [6.07, 6.45) is 5.56. The number of benzene rings is 1. The number of nitrogens with one attached hydrogen (secondary N) is 2. The number of allylic oxidation sites excluding steroid dienone is 1. The average Bonchev–Trinajstić information content (AvgIpc) is 3.22. The third kappa shape index (κ3) is 4.38. The maximum atomic E-state index is 15.7. The molecule has 2 amide bonds. The van der Waals surface area contributed by atoms with E-state index in [0.29, 0.717) is 61.1 Å². The molecule has 0 aromatic heterocycles. The van der Waals surface area contributed by atoms with Gasteiger partial charge in [0.2, 0.25) is 5.91 Å². The molecule has 37 heavy (non-hydrogen) atoms. The maximum Gasteiger partial charge on any atom is 0.255 e. The average molecular weight is 518 g/mol. The van der Waals surface area contributed by atoms with E-state index < -0.39 is 23.2 Å². The summed E-state index contributed by atoms with van der Waals surface area (Å²) in [5.41, 5.74) is 1.01. The highest BCUT2D eigenvalue weighted by molar-refractivity contribution is 6.01. The zero-order chi connectivity index (χ0) is 25.9. The summed E-state index contributed by atoms with van der Waals surface area (Å²) in [5, 5.41) is 6.35. The van der Waals surface area contributed by atoms with Crippen LogP contribution in [0.25, 0.3) is 0 Å². The van der Waals surface area contributed by atoms with E-state index in [2.05, 4.69) is 17.2 Å². The number of hydrogen-bond acceptors (Lipinski definition) is 4. The Kier molecular flexibility index (Phi) is 6.14. The first-order chi connectivity index (χ1) is 17.7. The fraction of sp³-hybridized carbons (Fsp3) is 0.643. The van der Waals surface area contributed by atoms with Gasteiger partial charge >= 0.3 is 0 Å². The number of nitrogens with zero attached hydrogens (tertiary/aromatic N) is 1. The van der Waals surface area contributed by atoms with Gasteiger partial charge < -0.3 is 20.3 Å². The number of fused-ring (bicyclic) bond motifs is 1. The van der Waals surface area contributed by atoms with Crippen molar-refractivity contribution in [3.8, 4) is 0 Å². The summed E-state index contributed by atoms with van der Waals surface area (Å²) < 4.78 is 49.3. The summed E-state index contributed by atoms with van der Waals surface area (Å²) in [6, 6.07) is 2.89. The molecule has 1 aromatic carbocycles. The quantitative estimate of drug-likeness (QED) is 0.614. The molecular weight excluding hydrogens is 483 g/mol. The SMILES string of the molecule is C=C1CCC(N2Cc3c(ccc(C[C@H]4OCCC[C@@H]4N[C@H]4CC[C@@]5(CC4)CC5(F)F)c3F)C2=O)C(=O)N1. The van der Waals surface area contributed by atoms with Gasteiger partial charge in [-0.15, -0.1) is 0 Å². The van der Waals surface area contributed by atoms with Crippen LogP contribution in [-0.2, 0) is 22.5 Å². The molecule has 2 saturated heterocycles. The zero-order valence-corrected chi connectivity index (χ0v) is 21.0. The van der Waals surface area contributed by atoms with Crippen LogP contribution in [0.15, 0.2) is 24.4 Å². The first-order valence-corrected chi connectivity index (χ1v) is 13.5. The number of carbonyl (C=O) groups excluding carboxylic acids is 2. The Balaban J connectivity index is 1.12. The number of rotatable bonds is 5. The Morgan fingerprint density at radius 1 is 1.16 bits per heavy atom. The van der Waals surface area contributed by atoms with Crippen molar-refractivity contribution in [3.63, 3.8) is 0 Å². The van der Waals surface area contributed by atoms with Crippen LogP contribution in [0.4, 0.5) is 13.2 Å². The molecule has 4 fully saturated rings. The lowest BCUT2D eigenvalue weighted by Crippen LogP contribution is -2.50. The highest BCUT2D eigenvalue weighted by Crippen LogP contribution is 2.67. The first kappa shape index (κ1) is 24.9. The van der Waals surface area contributed by atoms with E-state index in [1.165, 1.54) is 4.90 Å². The van der Waals surface area contributed by atoms with Gasteiger partial charge in [-0.1, -0.05) is 12.6 Å². The number of hydrogen-bond donors (Lipinski definition) is 2. The largest absolute Gasteiger partial charge is 0.376 e. The minimum atomic E-state index is -2.49. The van der Waals surface area contributed by atoms with Crippen LogP contribution in [0, 0.1) is 11.2 Å². The molecule has 1 spiro atoms. The van der Waals surface area contributed by atoms with Crippen LogP contribution in [0.3, 0.4) is 0 Å². The summed E-state index contributed by atoms with van der Waals surface area (Å²) in [5.74, 6) is -3.50. The summed E-state index contributed by atoms with van der Waals surface area (Å²) >= 11 is 0. The van der Waals surface area contributed by atoms with Crippen molar-refractivity contribution in [2.75, 3.05) is 6.61 Å². The molecule has 6 nitrogen and oxygen atoms in total. The molecule has 6 rings (SSSR count). The van der Waals surface area contributed by atoms with E-state index in [4.69, 9.17) is 4.74 Å². The number of alkyl halides is 2. The molecule has 0 bridgehead atoms. The molecule has 3 atom stereocenters. The van der Waals surface area contributed by atoms with Crippen molar-refractivity contribution < 1.29 is 27.5 Å². The Hall–Kier alpha value is -2.39. The predicted molar refractivity (Wildman–Crippen MR) is 130 cm³/mol. The van der Waals surface area contributed by atoms with E-state index in [1.54, 1.807) is 12.1 Å². The third-order valence-electron chi connectivity index (χ3n) is 9.31. The number of halogens is 3. The maximum absolute atomic E-state index is 15.7. The molecule has 2 N–H and O–H groups in total. The summed E-state index contributed by atoms with van der Waals surface area (Å²) in [6.45, 7) is 4.45. The standard InChI is InChI=1S/C28H34F3N3O3/c1-16-4-7-22(25(35)32-16)34-14-20-19(26(34)36)6-5-17(24(20)29)13-23-21(3-2-12-37-23)33-18-8-10-27(11-9-18)15-28(27,30)31/h5-6,18,21-23,33H,1-4,7-15H2,(H,32,35)/t18-,21-,22?,23+,27+/m0/s1. The second-order valence-electron chi connectivity index (χ2n) is 11.6. The van der Waals surface area contributed by atoms with E-state index in [9.17, 15) is 18.4 Å². The van der Waals surface area contributed by atoms with Crippen LogP contribution in [0.2, 0.25) is 0 Å². The van der Waals surface area contributed by atoms with Gasteiger partial charge in [0.25, 0.3) is 11.8 Å². The number of amides is 2. The summed E-state index contributed by atoms with van der Waals surface area (Å²) in [4.78, 5) is 26.9. The lowest BCUT2D eigenvalue weighted by Gasteiger charge is -2.38. The topological polar surface area (TPSA) is 70.7 Å². The Bertz CT molecular complexity index is 1130. The van der Waals surface area contributed by atoms with Gasteiger partial charge in [-0.3, -0.25) is 9.59 Å². The smallest absolute Gasteiger partial charge is 0.255 e. The van der Waals surface area contributed by atoms with Gasteiger partial charge in [-0.25, -0.2) is 13.2 Å². The number of carbonyl (C=O) groups is 2. The lowest BCUT2D eigenvalue weighted by molar-refractivity contribution is -0.126. The normalized spacial score (nSPS) is 35.0. The molecule has 0 radical (unpaired) electrons. The van der Waals surface area contributed by atoms with E-state index >= 15 is 4.39 Å². The molecule has 2 saturated carbocycles. The molecule has 3 aliphatic heterocycles. The Labute approximate surface area is 215 Å². The van der Waals surface area contributed by atoms with Crippen molar-refractivity contribution in [1.82, 2.24) is 15.5 Å². The van der Waals surface area contributed by atoms with Crippen LogP contribution in [0.5, 0.6) is 0 Å². The van der Waals surface area contributed by atoms with Crippen molar-refractivity contribution in [3.05, 3.63) is 46.9 Å². The van der Waals surface area contributed by atoms with Crippen molar-refractivity contribution in [2.24, 2.45) is 5.41 Å². The third-order valence-corrected chi connectivity index (χ3v) is 9.31. The van der Waals surface area contributed by atoms with Crippen molar-refractivity contribution >= 4 is 11.8 Å². The molecule has 3 heterocycles. The fourth-order valence-electron chi connectivity index (χ4n) is 6.90. The summed E-state index contributed by atoms with van der Waals surface area (Å²) in [7, 11) is 0. The van der Waals surface area contributed by atoms with Crippen molar-refractivity contribution in [1.29, 1.82) is 0 Å².